The summed E-state index contributed by atoms with van der Waals surface area (Å²) in [5.74, 6) is 3.78. The van der Waals surface area contributed by atoms with Crippen LogP contribution in [-0.4, -0.2) is 37.0 Å². The zero-order valence-electron chi connectivity index (χ0n) is 11.0. The molecule has 0 unspecified atom stereocenters. The van der Waals surface area contributed by atoms with Crippen LogP contribution in [0.5, 0.6) is 0 Å². The molecule has 6 nitrogen and oxygen atoms in total. The molecule has 3 N–H and O–H groups in total. The molecule has 1 aliphatic rings. The number of nitrogens with one attached hydrogen (secondary N) is 1. The van der Waals surface area contributed by atoms with E-state index in [9.17, 15) is 21.6 Å². The van der Waals surface area contributed by atoms with Crippen LogP contribution in [0.4, 0.5) is 18.9 Å². The highest BCUT2D eigenvalue weighted by Gasteiger charge is 2.43. The molecule has 0 aliphatic carbocycles. The maximum Gasteiger partial charge on any atom is 0.391 e. The van der Waals surface area contributed by atoms with E-state index in [4.69, 9.17) is 5.84 Å². The van der Waals surface area contributed by atoms with Crippen molar-refractivity contribution >= 4 is 15.7 Å². The molecule has 0 saturated carbocycles. The van der Waals surface area contributed by atoms with Gasteiger partial charge in [0.1, 0.15) is 0 Å². The van der Waals surface area contributed by atoms with Gasteiger partial charge in [0.05, 0.1) is 11.6 Å². The van der Waals surface area contributed by atoms with Crippen molar-refractivity contribution in [3.63, 3.8) is 0 Å². The minimum Gasteiger partial charge on any atom is -0.321 e. The van der Waals surface area contributed by atoms with Crippen molar-refractivity contribution in [2.45, 2.75) is 24.0 Å². The Hall–Kier alpha value is -1.39. The second-order valence-electron chi connectivity index (χ2n) is 4.72. The minimum atomic E-state index is -4.29. The molecule has 1 fully saturated rings. The Balaban J connectivity index is 2.19. The van der Waals surface area contributed by atoms with Gasteiger partial charge in [-0.1, -0.05) is 0 Å². The number of sulfonamides is 1. The lowest BCUT2D eigenvalue weighted by molar-refractivity contribution is -0.182. The first kappa shape index (κ1) is 16.0. The zero-order chi connectivity index (χ0) is 15.7. The number of hydrogen-bond donors (Lipinski definition) is 2. The molecule has 1 aromatic rings. The van der Waals surface area contributed by atoms with Gasteiger partial charge in [-0.3, -0.25) is 5.84 Å². The van der Waals surface area contributed by atoms with Gasteiger partial charge in [-0.05, 0) is 25.0 Å². The topological polar surface area (TPSA) is 88.3 Å². The van der Waals surface area contributed by atoms with Crippen LogP contribution in [-0.2, 0) is 10.0 Å². The maximum absolute atomic E-state index is 12.6. The van der Waals surface area contributed by atoms with E-state index in [2.05, 4.69) is 10.4 Å². The van der Waals surface area contributed by atoms with Gasteiger partial charge in [0, 0.05) is 19.3 Å². The van der Waals surface area contributed by atoms with Crippen molar-refractivity contribution in [2.24, 2.45) is 11.8 Å². The molecule has 0 radical (unpaired) electrons. The summed E-state index contributed by atoms with van der Waals surface area (Å²) in [5, 5.41) is -0.280. The first-order valence-electron chi connectivity index (χ1n) is 6.25. The van der Waals surface area contributed by atoms with Crippen LogP contribution in [0, 0.1) is 5.92 Å². The summed E-state index contributed by atoms with van der Waals surface area (Å²) in [6, 6.07) is 2.94. The highest BCUT2D eigenvalue weighted by Crippen LogP contribution is 2.35. The van der Waals surface area contributed by atoms with Crippen molar-refractivity contribution in [2.75, 3.05) is 18.5 Å². The number of pyridine rings is 1. The van der Waals surface area contributed by atoms with E-state index in [0.717, 1.165) is 4.31 Å². The lowest BCUT2D eigenvalue weighted by Crippen LogP contribution is -2.42. The van der Waals surface area contributed by atoms with Gasteiger partial charge in [-0.15, -0.1) is 0 Å². The average Bonchev–Trinajstić information content (AvgIpc) is 2.46. The summed E-state index contributed by atoms with van der Waals surface area (Å²) < 4.78 is 63.6. The number of rotatable bonds is 3. The van der Waals surface area contributed by atoms with E-state index in [1.807, 2.05) is 0 Å². The molecule has 0 aromatic carbocycles. The Bertz CT molecular complexity index is 598. The van der Waals surface area contributed by atoms with Gasteiger partial charge in [0.15, 0.2) is 5.03 Å². The largest absolute Gasteiger partial charge is 0.391 e. The molecular weight excluding hydrogens is 309 g/mol. The van der Waals surface area contributed by atoms with Gasteiger partial charge in [-0.25, -0.2) is 13.4 Å². The molecule has 0 amide bonds. The summed E-state index contributed by atoms with van der Waals surface area (Å²) in [4.78, 5) is 3.77. The number of alkyl halides is 3. The van der Waals surface area contributed by atoms with Crippen molar-refractivity contribution in [3.05, 3.63) is 18.3 Å². The summed E-state index contributed by atoms with van der Waals surface area (Å²) in [7, 11) is -3.96. The third kappa shape index (κ3) is 3.27. The molecule has 1 aliphatic heterocycles. The Morgan fingerprint density at radius 1 is 1.33 bits per heavy atom. The van der Waals surface area contributed by atoms with Crippen LogP contribution in [0.2, 0.25) is 0 Å². The molecule has 0 spiro atoms. The van der Waals surface area contributed by atoms with Gasteiger partial charge in [0.25, 0.3) is 10.0 Å². The third-order valence-electron chi connectivity index (χ3n) is 3.43. The van der Waals surface area contributed by atoms with Crippen LogP contribution in [0.3, 0.4) is 0 Å². The van der Waals surface area contributed by atoms with E-state index in [1.54, 1.807) is 0 Å². The molecule has 1 aromatic heterocycles. The predicted octanol–water partition coefficient (Wildman–Crippen LogP) is 1.33. The van der Waals surface area contributed by atoms with Crippen LogP contribution < -0.4 is 11.3 Å². The summed E-state index contributed by atoms with van der Waals surface area (Å²) in [6.07, 6.45) is -3.50. The van der Waals surface area contributed by atoms with Crippen LogP contribution in [0.1, 0.15) is 12.8 Å². The number of nitrogens with two attached hydrogens (primary N) is 1. The number of nitrogens with zero attached hydrogens (tertiary/aromatic N) is 2. The van der Waals surface area contributed by atoms with Gasteiger partial charge < -0.3 is 5.43 Å². The van der Waals surface area contributed by atoms with E-state index < -0.39 is 22.1 Å². The van der Waals surface area contributed by atoms with E-state index in [0.29, 0.717) is 0 Å². The fourth-order valence-electron chi connectivity index (χ4n) is 2.25. The standard InChI is InChI=1S/C11H15F3N4O2S/c12-11(13,14)8-3-6-18(7-4-8)21(19,20)10-9(17-15)2-1-5-16-10/h1-2,5,8,17H,3-4,6-7,15H2. The zero-order valence-corrected chi connectivity index (χ0v) is 11.8. The Morgan fingerprint density at radius 2 is 1.95 bits per heavy atom. The molecule has 2 rings (SSSR count). The van der Waals surface area contributed by atoms with Crippen LogP contribution in [0.25, 0.3) is 0 Å². The quantitative estimate of drug-likeness (QED) is 0.647. The maximum atomic E-state index is 12.6. The van der Waals surface area contributed by atoms with Crippen molar-refractivity contribution < 1.29 is 21.6 Å². The minimum absolute atomic E-state index is 0.107. The number of hydrogen-bond acceptors (Lipinski definition) is 5. The Morgan fingerprint density at radius 3 is 2.48 bits per heavy atom. The number of nitrogen functional groups attached to an aromatic ring is 1. The van der Waals surface area contributed by atoms with Crippen molar-refractivity contribution in [1.82, 2.24) is 9.29 Å². The molecule has 1 saturated heterocycles. The lowest BCUT2D eigenvalue weighted by atomic mass is 9.98. The Kier molecular flexibility index (Phi) is 4.40. The molecule has 21 heavy (non-hydrogen) atoms. The number of halogens is 3. The fourth-order valence-corrected chi connectivity index (χ4v) is 3.79. The lowest BCUT2D eigenvalue weighted by Gasteiger charge is -2.32. The van der Waals surface area contributed by atoms with Crippen LogP contribution in [0.15, 0.2) is 23.4 Å². The van der Waals surface area contributed by atoms with Crippen LogP contribution >= 0.6 is 0 Å². The van der Waals surface area contributed by atoms with Gasteiger partial charge in [0.2, 0.25) is 0 Å². The van der Waals surface area contributed by atoms with E-state index in [-0.39, 0.29) is 36.6 Å². The van der Waals surface area contributed by atoms with Crippen molar-refractivity contribution in [3.8, 4) is 0 Å². The first-order valence-corrected chi connectivity index (χ1v) is 7.69. The van der Waals surface area contributed by atoms with E-state index >= 15 is 0 Å². The number of hydrazine groups is 1. The fraction of sp³-hybridized carbons (Fsp3) is 0.545. The highest BCUT2D eigenvalue weighted by molar-refractivity contribution is 7.89. The molecule has 0 atom stereocenters. The predicted molar refractivity (Wildman–Crippen MR) is 69.6 cm³/mol. The molecule has 0 bridgehead atoms. The monoisotopic (exact) mass is 324 g/mol. The molecule has 2 heterocycles. The normalized spacial score (nSPS) is 18.7. The summed E-state index contributed by atoms with van der Waals surface area (Å²) in [6.45, 7) is -0.375. The average molecular weight is 324 g/mol. The van der Waals surface area contributed by atoms with Crippen molar-refractivity contribution in [1.29, 1.82) is 0 Å². The number of anilines is 1. The second-order valence-corrected chi connectivity index (χ2v) is 6.57. The Labute approximate surface area is 120 Å². The summed E-state index contributed by atoms with van der Waals surface area (Å²) >= 11 is 0. The summed E-state index contributed by atoms with van der Waals surface area (Å²) in [5.41, 5.74) is 2.33. The molecule has 118 valence electrons. The number of aromatic nitrogens is 1. The van der Waals surface area contributed by atoms with E-state index in [1.165, 1.54) is 18.3 Å². The van der Waals surface area contributed by atoms with Gasteiger partial charge in [-0.2, -0.15) is 17.5 Å². The number of piperidine rings is 1. The smallest absolute Gasteiger partial charge is 0.321 e. The highest BCUT2D eigenvalue weighted by atomic mass is 32.2. The first-order chi connectivity index (χ1) is 9.76. The SMILES string of the molecule is NNc1cccnc1S(=O)(=O)N1CCC(C(F)(F)F)CC1. The molecular formula is C11H15F3N4O2S. The third-order valence-corrected chi connectivity index (χ3v) is 5.29. The second kappa shape index (κ2) is 5.78. The molecule has 10 heteroatoms. The van der Waals surface area contributed by atoms with Gasteiger partial charge >= 0.3 is 6.18 Å².